The lowest BCUT2D eigenvalue weighted by Crippen LogP contribution is -2.07. The first-order valence-electron chi connectivity index (χ1n) is 6.72. The minimum absolute atomic E-state index is 0.404. The molecule has 0 aliphatic heterocycles. The molecule has 2 rings (SSSR count). The largest absolute Gasteiger partial charge is 0.481 e. The van der Waals surface area contributed by atoms with Crippen molar-refractivity contribution in [3.63, 3.8) is 0 Å². The number of aromatic nitrogens is 2. The summed E-state index contributed by atoms with van der Waals surface area (Å²) in [5, 5.41) is 0. The summed E-state index contributed by atoms with van der Waals surface area (Å²) >= 11 is 3.74. The van der Waals surface area contributed by atoms with Crippen molar-refractivity contribution in [2.45, 2.75) is 31.0 Å². The molecule has 0 spiro atoms. The van der Waals surface area contributed by atoms with Gasteiger partial charge in [-0.05, 0) is 30.9 Å². The molecule has 0 saturated heterocycles. The van der Waals surface area contributed by atoms with Gasteiger partial charge in [-0.3, -0.25) is 0 Å². The van der Waals surface area contributed by atoms with Crippen LogP contribution in [0.4, 0.5) is 0 Å². The summed E-state index contributed by atoms with van der Waals surface area (Å²) in [6, 6.07) is 10.4. The van der Waals surface area contributed by atoms with Crippen LogP contribution in [0.1, 0.15) is 23.2 Å². The van der Waals surface area contributed by atoms with Crippen LogP contribution in [0.5, 0.6) is 5.88 Å². The molecule has 0 bridgehead atoms. The molecule has 0 N–H and O–H groups in total. The third-order valence-electron chi connectivity index (χ3n) is 3.33. The summed E-state index contributed by atoms with van der Waals surface area (Å²) in [6.45, 7) is 2.16. The number of alkyl halides is 1. The van der Waals surface area contributed by atoms with E-state index in [1.807, 2.05) is 6.07 Å². The maximum Gasteiger partial charge on any atom is 0.216 e. The molecule has 0 amide bonds. The average Bonchev–Trinajstić information content (AvgIpc) is 2.46. The molecule has 0 radical (unpaired) electrons. The Morgan fingerprint density at radius 3 is 2.80 bits per heavy atom. The summed E-state index contributed by atoms with van der Waals surface area (Å²) in [5.41, 5.74) is 3.77. The molecular formula is C16H19BrN2O. The maximum absolute atomic E-state index is 5.12. The van der Waals surface area contributed by atoms with Crippen molar-refractivity contribution < 1.29 is 4.74 Å². The zero-order chi connectivity index (χ0) is 14.4. The van der Waals surface area contributed by atoms with Gasteiger partial charge >= 0.3 is 0 Å². The van der Waals surface area contributed by atoms with E-state index in [4.69, 9.17) is 4.74 Å². The summed E-state index contributed by atoms with van der Waals surface area (Å²) in [4.78, 5) is 8.70. The molecule has 1 atom stereocenters. The second kappa shape index (κ2) is 7.39. The van der Waals surface area contributed by atoms with Gasteiger partial charge < -0.3 is 4.74 Å². The summed E-state index contributed by atoms with van der Waals surface area (Å²) < 4.78 is 5.12. The summed E-state index contributed by atoms with van der Waals surface area (Å²) in [5.74, 6) is 0.619. The van der Waals surface area contributed by atoms with Crippen LogP contribution in [0, 0.1) is 6.92 Å². The molecule has 4 heteroatoms. The van der Waals surface area contributed by atoms with E-state index in [2.05, 4.69) is 57.1 Å². The quantitative estimate of drug-likeness (QED) is 0.755. The number of halogens is 1. The topological polar surface area (TPSA) is 35.0 Å². The van der Waals surface area contributed by atoms with Crippen molar-refractivity contribution >= 4 is 15.9 Å². The minimum Gasteiger partial charge on any atom is -0.481 e. The number of methoxy groups -OCH3 is 1. The highest BCUT2D eigenvalue weighted by atomic mass is 79.9. The highest BCUT2D eigenvalue weighted by Crippen LogP contribution is 2.18. The third-order valence-corrected chi connectivity index (χ3v) is 4.11. The van der Waals surface area contributed by atoms with Crippen LogP contribution in [0.15, 0.2) is 36.7 Å². The molecule has 20 heavy (non-hydrogen) atoms. The van der Waals surface area contributed by atoms with Crippen LogP contribution in [0.25, 0.3) is 0 Å². The Kier molecular flexibility index (Phi) is 5.53. The van der Waals surface area contributed by atoms with Crippen molar-refractivity contribution in [2.75, 3.05) is 7.11 Å². The minimum atomic E-state index is 0.404. The molecule has 0 saturated carbocycles. The van der Waals surface area contributed by atoms with Gasteiger partial charge in [0, 0.05) is 23.0 Å². The van der Waals surface area contributed by atoms with Crippen molar-refractivity contribution in [1.82, 2.24) is 9.97 Å². The van der Waals surface area contributed by atoms with E-state index in [0.29, 0.717) is 10.7 Å². The second-order valence-corrected chi connectivity index (χ2v) is 6.11. The molecule has 1 aromatic carbocycles. The predicted octanol–water partition coefficient (Wildman–Crippen LogP) is 3.73. The lowest BCUT2D eigenvalue weighted by atomic mass is 10.0. The standard InChI is InChI=1S/C16H19BrN2O/c1-12-5-3-4-6-13(12)7-8-14(17)9-15-10-16(20-2)19-11-18-15/h3-6,10-11,14H,7-9H2,1-2H3. The van der Waals surface area contributed by atoms with E-state index in [0.717, 1.165) is 25.0 Å². The van der Waals surface area contributed by atoms with Crippen LogP contribution in [0.2, 0.25) is 0 Å². The number of hydrogen-bond donors (Lipinski definition) is 0. The predicted molar refractivity (Wildman–Crippen MR) is 84.5 cm³/mol. The summed E-state index contributed by atoms with van der Waals surface area (Å²) in [7, 11) is 1.62. The van der Waals surface area contributed by atoms with Crippen LogP contribution in [-0.2, 0) is 12.8 Å². The van der Waals surface area contributed by atoms with Crippen molar-refractivity contribution in [1.29, 1.82) is 0 Å². The molecular weight excluding hydrogens is 316 g/mol. The Morgan fingerprint density at radius 1 is 1.25 bits per heavy atom. The van der Waals surface area contributed by atoms with Crippen molar-refractivity contribution in [3.05, 3.63) is 53.5 Å². The van der Waals surface area contributed by atoms with E-state index in [1.165, 1.54) is 11.1 Å². The number of ether oxygens (including phenoxy) is 1. The van der Waals surface area contributed by atoms with E-state index < -0.39 is 0 Å². The number of hydrogen-bond acceptors (Lipinski definition) is 3. The van der Waals surface area contributed by atoms with Crippen LogP contribution in [0.3, 0.4) is 0 Å². The SMILES string of the molecule is COc1cc(CC(Br)CCc2ccccc2C)ncn1. The normalized spacial score (nSPS) is 12.2. The zero-order valence-electron chi connectivity index (χ0n) is 11.8. The molecule has 3 nitrogen and oxygen atoms in total. The van der Waals surface area contributed by atoms with Crippen LogP contribution >= 0.6 is 15.9 Å². The molecule has 1 aromatic heterocycles. The molecule has 106 valence electrons. The smallest absolute Gasteiger partial charge is 0.216 e. The van der Waals surface area contributed by atoms with Crippen LogP contribution < -0.4 is 4.74 Å². The molecule has 0 aliphatic carbocycles. The second-order valence-electron chi connectivity index (χ2n) is 4.82. The van der Waals surface area contributed by atoms with Gasteiger partial charge in [0.2, 0.25) is 5.88 Å². The molecule has 1 unspecified atom stereocenters. The van der Waals surface area contributed by atoms with Gasteiger partial charge in [0.15, 0.2) is 0 Å². The number of rotatable bonds is 6. The van der Waals surface area contributed by atoms with Crippen molar-refractivity contribution in [2.24, 2.45) is 0 Å². The molecule has 0 fully saturated rings. The fourth-order valence-electron chi connectivity index (χ4n) is 2.13. The lowest BCUT2D eigenvalue weighted by molar-refractivity contribution is 0.396. The molecule has 0 aliphatic rings. The average molecular weight is 335 g/mol. The lowest BCUT2D eigenvalue weighted by Gasteiger charge is -2.11. The first-order chi connectivity index (χ1) is 9.69. The Balaban J connectivity index is 1.89. The monoisotopic (exact) mass is 334 g/mol. The Labute approximate surface area is 128 Å². The van der Waals surface area contributed by atoms with Gasteiger partial charge in [0.25, 0.3) is 0 Å². The number of benzene rings is 1. The van der Waals surface area contributed by atoms with Crippen molar-refractivity contribution in [3.8, 4) is 5.88 Å². The summed E-state index contributed by atoms with van der Waals surface area (Å²) in [6.07, 6.45) is 4.59. The highest BCUT2D eigenvalue weighted by Gasteiger charge is 2.09. The van der Waals surface area contributed by atoms with Gasteiger partial charge in [-0.2, -0.15) is 0 Å². The third kappa shape index (κ3) is 4.30. The Bertz CT molecular complexity index is 560. The first kappa shape index (κ1) is 15.0. The first-order valence-corrected chi connectivity index (χ1v) is 7.64. The molecule has 1 heterocycles. The van der Waals surface area contributed by atoms with Crippen LogP contribution in [-0.4, -0.2) is 21.9 Å². The fourth-order valence-corrected chi connectivity index (χ4v) is 2.69. The fraction of sp³-hybridized carbons (Fsp3) is 0.375. The van der Waals surface area contributed by atoms with Gasteiger partial charge in [-0.25, -0.2) is 9.97 Å². The van der Waals surface area contributed by atoms with E-state index in [9.17, 15) is 0 Å². The highest BCUT2D eigenvalue weighted by molar-refractivity contribution is 9.09. The molecule has 2 aromatic rings. The maximum atomic E-state index is 5.12. The van der Waals surface area contributed by atoms with Gasteiger partial charge in [-0.15, -0.1) is 0 Å². The number of aryl methyl sites for hydroxylation is 2. The number of nitrogens with zero attached hydrogens (tertiary/aromatic N) is 2. The Morgan fingerprint density at radius 2 is 2.05 bits per heavy atom. The van der Waals surface area contributed by atoms with E-state index in [1.54, 1.807) is 13.4 Å². The van der Waals surface area contributed by atoms with Gasteiger partial charge in [0.05, 0.1) is 7.11 Å². The van der Waals surface area contributed by atoms with Gasteiger partial charge in [0.1, 0.15) is 6.33 Å². The zero-order valence-corrected chi connectivity index (χ0v) is 13.4. The van der Waals surface area contributed by atoms with E-state index in [-0.39, 0.29) is 0 Å². The van der Waals surface area contributed by atoms with E-state index >= 15 is 0 Å². The Hall–Kier alpha value is -1.42. The van der Waals surface area contributed by atoms with Gasteiger partial charge in [-0.1, -0.05) is 40.2 Å².